The lowest BCUT2D eigenvalue weighted by Crippen LogP contribution is -2.51. The normalized spacial score (nSPS) is 15.1. The van der Waals surface area contributed by atoms with Crippen LogP contribution in [0.25, 0.3) is 0 Å². The molecule has 3 rings (SSSR count). The molecule has 9 heteroatoms. The van der Waals surface area contributed by atoms with E-state index in [1.165, 1.54) is 4.31 Å². The van der Waals surface area contributed by atoms with Crippen molar-refractivity contribution in [1.82, 2.24) is 13.8 Å². The lowest BCUT2D eigenvalue weighted by atomic mass is 10.2. The third kappa shape index (κ3) is 4.73. The van der Waals surface area contributed by atoms with Gasteiger partial charge in [-0.3, -0.25) is 4.79 Å². The van der Waals surface area contributed by atoms with Gasteiger partial charge in [-0.15, -0.1) is 0 Å². The topological polar surface area (TPSA) is 88.9 Å². The molecule has 0 bridgehead atoms. The fourth-order valence-electron chi connectivity index (χ4n) is 4.00. The minimum Gasteiger partial charge on any atom is -0.462 e. The summed E-state index contributed by atoms with van der Waals surface area (Å²) in [5.41, 5.74) is 3.55. The van der Waals surface area contributed by atoms with Gasteiger partial charge in [-0.2, -0.15) is 4.31 Å². The first-order valence-electron chi connectivity index (χ1n) is 10.7. The molecule has 2 aromatic rings. The number of esters is 1. The highest BCUT2D eigenvalue weighted by Gasteiger charge is 2.31. The van der Waals surface area contributed by atoms with Gasteiger partial charge in [0.1, 0.15) is 6.54 Å². The van der Waals surface area contributed by atoms with E-state index in [0.717, 1.165) is 11.3 Å². The summed E-state index contributed by atoms with van der Waals surface area (Å²) in [4.78, 5) is 27.0. The Morgan fingerprint density at radius 1 is 1.00 bits per heavy atom. The Bertz CT molecular complexity index is 1130. The minimum atomic E-state index is -3.61. The Morgan fingerprint density at radius 2 is 1.66 bits per heavy atom. The Balaban J connectivity index is 1.68. The molecule has 32 heavy (non-hydrogen) atoms. The summed E-state index contributed by atoms with van der Waals surface area (Å²) in [5, 5.41) is 0. The first-order valence-corrected chi connectivity index (χ1v) is 12.2. The van der Waals surface area contributed by atoms with Crippen LogP contribution in [-0.2, 0) is 26.1 Å². The highest BCUT2D eigenvalue weighted by molar-refractivity contribution is 7.89. The summed E-state index contributed by atoms with van der Waals surface area (Å²) < 4.78 is 34.6. The molecule has 0 aliphatic carbocycles. The molecule has 174 valence electrons. The van der Waals surface area contributed by atoms with Crippen molar-refractivity contribution >= 4 is 21.9 Å². The van der Waals surface area contributed by atoms with Crippen LogP contribution in [-0.4, -0.2) is 66.9 Å². The zero-order valence-corrected chi connectivity index (χ0v) is 20.2. The first-order chi connectivity index (χ1) is 15.1. The largest absolute Gasteiger partial charge is 0.462 e. The second-order valence-corrected chi connectivity index (χ2v) is 10.1. The van der Waals surface area contributed by atoms with Gasteiger partial charge in [0.2, 0.25) is 15.9 Å². The van der Waals surface area contributed by atoms with Gasteiger partial charge in [0, 0.05) is 37.6 Å². The van der Waals surface area contributed by atoms with Crippen molar-refractivity contribution in [3.8, 4) is 0 Å². The van der Waals surface area contributed by atoms with E-state index in [1.54, 1.807) is 42.4 Å². The average Bonchev–Trinajstić information content (AvgIpc) is 3.04. The number of benzene rings is 1. The van der Waals surface area contributed by atoms with Gasteiger partial charge < -0.3 is 14.2 Å². The van der Waals surface area contributed by atoms with E-state index < -0.39 is 16.0 Å². The number of hydrogen-bond donors (Lipinski definition) is 0. The maximum atomic E-state index is 13.1. The van der Waals surface area contributed by atoms with Crippen LogP contribution < -0.4 is 0 Å². The van der Waals surface area contributed by atoms with Crippen molar-refractivity contribution in [3.05, 3.63) is 52.3 Å². The fraction of sp³-hybridized carbons (Fsp3) is 0.478. The molecule has 1 fully saturated rings. The molecule has 2 heterocycles. The van der Waals surface area contributed by atoms with E-state index in [9.17, 15) is 18.0 Å². The van der Waals surface area contributed by atoms with E-state index in [1.807, 2.05) is 26.0 Å². The predicted octanol–water partition coefficient (Wildman–Crippen LogP) is 2.43. The molecular formula is C23H31N3O5S. The number of carbonyl (C=O) groups is 2. The van der Waals surface area contributed by atoms with Gasteiger partial charge >= 0.3 is 5.97 Å². The van der Waals surface area contributed by atoms with Crippen molar-refractivity contribution in [1.29, 1.82) is 0 Å². The molecule has 1 aromatic carbocycles. The Kier molecular flexibility index (Phi) is 7.09. The molecule has 1 aromatic heterocycles. The number of nitrogens with zero attached hydrogens (tertiary/aromatic N) is 3. The smallest absolute Gasteiger partial charge is 0.339 e. The lowest BCUT2D eigenvalue weighted by molar-refractivity contribution is -0.133. The number of ether oxygens (including phenoxy) is 1. The molecule has 1 aliphatic heterocycles. The number of carbonyl (C=O) groups excluding carboxylic acids is 2. The van der Waals surface area contributed by atoms with Crippen LogP contribution in [0.1, 0.15) is 39.8 Å². The van der Waals surface area contributed by atoms with E-state index in [0.29, 0.717) is 34.8 Å². The van der Waals surface area contributed by atoms with E-state index in [4.69, 9.17) is 4.74 Å². The number of rotatable bonds is 6. The number of hydrogen-bond acceptors (Lipinski definition) is 5. The van der Waals surface area contributed by atoms with Crippen molar-refractivity contribution in [2.24, 2.45) is 0 Å². The second-order valence-electron chi connectivity index (χ2n) is 8.15. The van der Waals surface area contributed by atoms with Crippen LogP contribution in [0.3, 0.4) is 0 Å². The standard InChI is InChI=1S/C23H31N3O5S/c1-6-31-23(28)20-14-18(4)26(19(20)5)15-22(27)24-9-11-25(12-10-24)32(29,30)21-13-16(2)7-8-17(21)3/h7-8,13-14H,6,9-12,15H2,1-5H3. The van der Waals surface area contributed by atoms with Crippen molar-refractivity contribution in [2.75, 3.05) is 32.8 Å². The molecule has 8 nitrogen and oxygen atoms in total. The van der Waals surface area contributed by atoms with Gasteiger partial charge in [-0.25, -0.2) is 13.2 Å². The average molecular weight is 462 g/mol. The van der Waals surface area contributed by atoms with Gasteiger partial charge in [0.15, 0.2) is 0 Å². The molecule has 0 N–H and O–H groups in total. The van der Waals surface area contributed by atoms with E-state index in [-0.39, 0.29) is 32.1 Å². The molecule has 1 aliphatic rings. The van der Waals surface area contributed by atoms with Crippen LogP contribution in [0.2, 0.25) is 0 Å². The summed E-state index contributed by atoms with van der Waals surface area (Å²) in [5.74, 6) is -0.504. The minimum absolute atomic E-state index is 0.0980. The predicted molar refractivity (Wildman–Crippen MR) is 121 cm³/mol. The Labute approximate surface area is 189 Å². The summed E-state index contributed by atoms with van der Waals surface area (Å²) in [7, 11) is -3.61. The van der Waals surface area contributed by atoms with Crippen molar-refractivity contribution in [2.45, 2.75) is 46.1 Å². The Morgan fingerprint density at radius 3 is 2.28 bits per heavy atom. The second kappa shape index (κ2) is 9.46. The highest BCUT2D eigenvalue weighted by Crippen LogP contribution is 2.23. The quantitative estimate of drug-likeness (QED) is 0.617. The number of amides is 1. The zero-order chi connectivity index (χ0) is 23.6. The fourth-order valence-corrected chi connectivity index (χ4v) is 5.73. The first kappa shape index (κ1) is 24.0. The monoisotopic (exact) mass is 461 g/mol. The molecule has 0 radical (unpaired) electrons. The summed E-state index contributed by atoms with van der Waals surface area (Å²) in [6.07, 6.45) is 0. The third-order valence-electron chi connectivity index (χ3n) is 5.92. The molecular weight excluding hydrogens is 430 g/mol. The van der Waals surface area contributed by atoms with Gasteiger partial charge in [-0.1, -0.05) is 12.1 Å². The van der Waals surface area contributed by atoms with Crippen molar-refractivity contribution < 1.29 is 22.7 Å². The van der Waals surface area contributed by atoms with Crippen LogP contribution in [0.4, 0.5) is 0 Å². The van der Waals surface area contributed by atoms with Gasteiger partial charge in [0.25, 0.3) is 0 Å². The summed E-state index contributed by atoms with van der Waals surface area (Å²) >= 11 is 0. The van der Waals surface area contributed by atoms with E-state index in [2.05, 4.69) is 0 Å². The van der Waals surface area contributed by atoms with Gasteiger partial charge in [0.05, 0.1) is 17.1 Å². The molecule has 0 saturated carbocycles. The highest BCUT2D eigenvalue weighted by atomic mass is 32.2. The SMILES string of the molecule is CCOC(=O)c1cc(C)n(CC(=O)N2CCN(S(=O)(=O)c3cc(C)ccc3C)CC2)c1C. The molecule has 1 amide bonds. The lowest BCUT2D eigenvalue weighted by Gasteiger charge is -2.34. The van der Waals surface area contributed by atoms with Crippen LogP contribution in [0, 0.1) is 27.7 Å². The maximum absolute atomic E-state index is 13.1. The third-order valence-corrected chi connectivity index (χ3v) is 7.96. The molecule has 0 atom stereocenters. The van der Waals surface area contributed by atoms with Crippen molar-refractivity contribution in [3.63, 3.8) is 0 Å². The number of sulfonamides is 1. The maximum Gasteiger partial charge on any atom is 0.339 e. The molecule has 0 unspecified atom stereocenters. The van der Waals surface area contributed by atoms with Crippen LogP contribution in [0.15, 0.2) is 29.2 Å². The Hall–Kier alpha value is -2.65. The molecule has 1 saturated heterocycles. The number of piperazine rings is 1. The van der Waals surface area contributed by atoms with Gasteiger partial charge in [-0.05, 0) is 57.9 Å². The zero-order valence-electron chi connectivity index (χ0n) is 19.3. The number of aromatic nitrogens is 1. The van der Waals surface area contributed by atoms with Crippen LogP contribution >= 0.6 is 0 Å². The summed E-state index contributed by atoms with van der Waals surface area (Å²) in [6, 6.07) is 7.13. The molecule has 0 spiro atoms. The summed E-state index contributed by atoms with van der Waals surface area (Å²) in [6.45, 7) is 10.6. The van der Waals surface area contributed by atoms with Crippen LogP contribution in [0.5, 0.6) is 0 Å². The van der Waals surface area contributed by atoms with E-state index >= 15 is 0 Å². The number of aryl methyl sites for hydroxylation is 3.